The van der Waals surface area contributed by atoms with E-state index in [0.717, 1.165) is 18.4 Å². The quantitative estimate of drug-likeness (QED) is 0.399. The van der Waals surface area contributed by atoms with Gasteiger partial charge >= 0.3 is 12.1 Å². The maximum absolute atomic E-state index is 11.6. The molecule has 0 saturated carbocycles. The lowest BCUT2D eigenvalue weighted by molar-refractivity contribution is -0.132. The zero-order valence-electron chi connectivity index (χ0n) is 14.7. The van der Waals surface area contributed by atoms with Gasteiger partial charge < -0.3 is 19.5 Å². The number of amides is 1. The number of ether oxygens (including phenoxy) is 3. The molecule has 0 radical (unpaired) electrons. The number of hydrogen-bond acceptors (Lipinski definition) is 5. The molecule has 1 N–H and O–H groups in total. The predicted octanol–water partition coefficient (Wildman–Crippen LogP) is 3.82. The minimum absolute atomic E-state index is 0.123. The second-order valence-electron chi connectivity index (χ2n) is 5.50. The van der Waals surface area contributed by atoms with Gasteiger partial charge in [0.25, 0.3) is 0 Å². The summed E-state index contributed by atoms with van der Waals surface area (Å²) in [6, 6.07) is 5.01. The average molecular weight is 337 g/mol. The fraction of sp³-hybridized carbons (Fsp3) is 0.556. The van der Waals surface area contributed by atoms with Gasteiger partial charge in [-0.25, -0.2) is 4.79 Å². The van der Waals surface area contributed by atoms with Crippen LogP contribution >= 0.6 is 0 Å². The van der Waals surface area contributed by atoms with Crippen molar-refractivity contribution >= 4 is 12.1 Å². The van der Waals surface area contributed by atoms with Gasteiger partial charge in [-0.15, -0.1) is 0 Å². The summed E-state index contributed by atoms with van der Waals surface area (Å²) in [7, 11) is 1.48. The smallest absolute Gasteiger partial charge is 0.407 e. The van der Waals surface area contributed by atoms with Gasteiger partial charge in [-0.2, -0.15) is 0 Å². The number of nitrogens with one attached hydrogen (secondary N) is 1. The van der Waals surface area contributed by atoms with E-state index in [4.69, 9.17) is 14.2 Å². The first kappa shape index (κ1) is 19.8. The van der Waals surface area contributed by atoms with E-state index in [2.05, 4.69) is 12.2 Å². The maximum Gasteiger partial charge on any atom is 0.407 e. The summed E-state index contributed by atoms with van der Waals surface area (Å²) in [5.74, 6) is 0.337. The van der Waals surface area contributed by atoms with Gasteiger partial charge in [0.15, 0.2) is 11.5 Å². The molecule has 0 spiro atoms. The molecule has 0 unspecified atom stereocenters. The van der Waals surface area contributed by atoms with Gasteiger partial charge in [0.2, 0.25) is 0 Å². The molecular formula is C18H27NO5. The number of hydrogen-bond donors (Lipinski definition) is 1. The molecule has 0 heterocycles. The highest BCUT2D eigenvalue weighted by atomic mass is 16.6. The van der Waals surface area contributed by atoms with E-state index in [1.165, 1.54) is 33.3 Å². The van der Waals surface area contributed by atoms with E-state index in [-0.39, 0.29) is 6.61 Å². The van der Waals surface area contributed by atoms with E-state index < -0.39 is 12.1 Å². The second-order valence-corrected chi connectivity index (χ2v) is 5.50. The van der Waals surface area contributed by atoms with Crippen molar-refractivity contribution in [2.45, 2.75) is 52.6 Å². The summed E-state index contributed by atoms with van der Waals surface area (Å²) >= 11 is 0. The highest BCUT2D eigenvalue weighted by Crippen LogP contribution is 2.28. The largest absolute Gasteiger partial charge is 0.493 e. The summed E-state index contributed by atoms with van der Waals surface area (Å²) in [5, 5.41) is 2.73. The average Bonchev–Trinajstić information content (AvgIpc) is 2.56. The number of rotatable bonds is 10. The monoisotopic (exact) mass is 337 g/mol. The fourth-order valence-corrected chi connectivity index (χ4v) is 2.16. The number of alkyl carbamates (subject to hydrolysis) is 1. The number of carbonyl (C=O) groups is 2. The van der Waals surface area contributed by atoms with E-state index in [1.54, 1.807) is 18.2 Å². The molecule has 0 aliphatic rings. The molecule has 6 heteroatoms. The predicted molar refractivity (Wildman–Crippen MR) is 91.2 cm³/mol. The molecule has 0 aliphatic carbocycles. The Morgan fingerprint density at radius 2 is 1.83 bits per heavy atom. The zero-order chi connectivity index (χ0) is 17.8. The normalized spacial score (nSPS) is 10.1. The van der Waals surface area contributed by atoms with Gasteiger partial charge in [0.1, 0.15) is 6.61 Å². The van der Waals surface area contributed by atoms with Crippen LogP contribution in [-0.4, -0.2) is 25.7 Å². The van der Waals surface area contributed by atoms with Crippen molar-refractivity contribution in [2.24, 2.45) is 0 Å². The van der Waals surface area contributed by atoms with Crippen LogP contribution in [0.5, 0.6) is 11.5 Å². The lowest BCUT2D eigenvalue weighted by atomic mass is 10.1. The van der Waals surface area contributed by atoms with Crippen LogP contribution in [0.1, 0.15) is 51.5 Å². The van der Waals surface area contributed by atoms with E-state index in [1.807, 2.05) is 0 Å². The van der Waals surface area contributed by atoms with Crippen molar-refractivity contribution in [3.8, 4) is 11.5 Å². The molecule has 0 atom stereocenters. The van der Waals surface area contributed by atoms with Gasteiger partial charge in [0.05, 0.1) is 7.11 Å². The van der Waals surface area contributed by atoms with Crippen molar-refractivity contribution in [2.75, 3.05) is 13.7 Å². The van der Waals surface area contributed by atoms with Crippen LogP contribution in [0.3, 0.4) is 0 Å². The first-order chi connectivity index (χ1) is 11.6. The maximum atomic E-state index is 11.6. The molecule has 0 bridgehead atoms. The Bertz CT molecular complexity index is 530. The summed E-state index contributed by atoms with van der Waals surface area (Å²) in [6.45, 7) is 4.24. The lowest BCUT2D eigenvalue weighted by Gasteiger charge is -2.11. The molecule has 24 heavy (non-hydrogen) atoms. The zero-order valence-corrected chi connectivity index (χ0v) is 14.7. The lowest BCUT2D eigenvalue weighted by Crippen LogP contribution is -2.25. The Morgan fingerprint density at radius 1 is 1.08 bits per heavy atom. The van der Waals surface area contributed by atoms with Crippen molar-refractivity contribution in [1.82, 2.24) is 5.32 Å². The summed E-state index contributed by atoms with van der Waals surface area (Å²) in [6.07, 6.45) is 5.27. The molecule has 1 aromatic carbocycles. The van der Waals surface area contributed by atoms with Crippen LogP contribution in [-0.2, 0) is 16.1 Å². The van der Waals surface area contributed by atoms with Crippen LogP contribution in [0.25, 0.3) is 0 Å². The molecule has 0 saturated heterocycles. The standard InChI is InChI=1S/C18H27NO5/c1-4-5-6-7-8-11-19-18(21)23-13-15-9-10-16(24-14(2)20)17(12-15)22-3/h9-10,12H,4-8,11,13H2,1-3H3,(H,19,21). The van der Waals surface area contributed by atoms with Crippen LogP contribution in [0, 0.1) is 0 Å². The van der Waals surface area contributed by atoms with Crippen molar-refractivity contribution < 1.29 is 23.8 Å². The minimum Gasteiger partial charge on any atom is -0.493 e. The molecule has 1 amide bonds. The summed E-state index contributed by atoms with van der Waals surface area (Å²) < 4.78 is 15.4. The molecule has 6 nitrogen and oxygen atoms in total. The Hall–Kier alpha value is -2.24. The Balaban J connectivity index is 2.35. The molecule has 1 aromatic rings. The van der Waals surface area contributed by atoms with Crippen molar-refractivity contribution in [1.29, 1.82) is 0 Å². The van der Waals surface area contributed by atoms with Gasteiger partial charge in [-0.05, 0) is 24.1 Å². The first-order valence-corrected chi connectivity index (χ1v) is 8.32. The van der Waals surface area contributed by atoms with Crippen LogP contribution in [0.2, 0.25) is 0 Å². The van der Waals surface area contributed by atoms with E-state index in [9.17, 15) is 9.59 Å². The first-order valence-electron chi connectivity index (χ1n) is 8.32. The van der Waals surface area contributed by atoms with Crippen LogP contribution < -0.4 is 14.8 Å². The molecule has 134 valence electrons. The third-order valence-electron chi connectivity index (χ3n) is 3.40. The molecule has 1 rings (SSSR count). The number of unbranched alkanes of at least 4 members (excludes halogenated alkanes) is 4. The molecular weight excluding hydrogens is 310 g/mol. The second kappa shape index (κ2) is 11.3. The van der Waals surface area contributed by atoms with E-state index in [0.29, 0.717) is 18.0 Å². The number of carbonyl (C=O) groups excluding carboxylic acids is 2. The Morgan fingerprint density at radius 3 is 2.50 bits per heavy atom. The molecule has 0 fully saturated rings. The van der Waals surface area contributed by atoms with Crippen LogP contribution in [0.4, 0.5) is 4.79 Å². The Kier molecular flexibility index (Phi) is 9.34. The third-order valence-corrected chi connectivity index (χ3v) is 3.40. The van der Waals surface area contributed by atoms with Crippen LogP contribution in [0.15, 0.2) is 18.2 Å². The van der Waals surface area contributed by atoms with Gasteiger partial charge in [0, 0.05) is 13.5 Å². The highest BCUT2D eigenvalue weighted by Gasteiger charge is 2.09. The number of benzene rings is 1. The third kappa shape index (κ3) is 7.85. The van der Waals surface area contributed by atoms with Gasteiger partial charge in [-0.3, -0.25) is 4.79 Å². The summed E-state index contributed by atoms with van der Waals surface area (Å²) in [4.78, 5) is 22.6. The molecule has 0 aromatic heterocycles. The Labute approximate surface area is 143 Å². The highest BCUT2D eigenvalue weighted by molar-refractivity contribution is 5.70. The fourth-order valence-electron chi connectivity index (χ4n) is 2.16. The minimum atomic E-state index is -0.437. The van der Waals surface area contributed by atoms with Crippen molar-refractivity contribution in [3.63, 3.8) is 0 Å². The summed E-state index contributed by atoms with van der Waals surface area (Å²) in [5.41, 5.74) is 0.751. The number of esters is 1. The molecule has 0 aliphatic heterocycles. The number of methoxy groups -OCH3 is 1. The van der Waals surface area contributed by atoms with Crippen molar-refractivity contribution in [3.05, 3.63) is 23.8 Å². The topological polar surface area (TPSA) is 73.9 Å². The van der Waals surface area contributed by atoms with E-state index >= 15 is 0 Å². The SMILES string of the molecule is CCCCCCCNC(=O)OCc1ccc(OC(C)=O)c(OC)c1. The van der Waals surface area contributed by atoms with Gasteiger partial charge in [-0.1, -0.05) is 38.7 Å².